The van der Waals surface area contributed by atoms with Gasteiger partial charge in [0.15, 0.2) is 0 Å². The maximum Gasteiger partial charge on any atom is 0.301 e. The largest absolute Gasteiger partial charge is 0.301 e. The van der Waals surface area contributed by atoms with E-state index in [4.69, 9.17) is 11.6 Å². The Balaban J connectivity index is 2.10. The second-order valence-electron chi connectivity index (χ2n) is 5.45. The van der Waals surface area contributed by atoms with Crippen LogP contribution in [-0.4, -0.2) is 9.85 Å². The average Bonchev–Trinajstić information content (AvgIpc) is 2.67. The van der Waals surface area contributed by atoms with Gasteiger partial charge in [-0.25, -0.2) is 0 Å². The fourth-order valence-corrected chi connectivity index (χ4v) is 2.72. The normalized spacial score (nSPS) is 10.3. The van der Waals surface area contributed by atoms with Crippen LogP contribution in [0, 0.1) is 20.2 Å². The Labute approximate surface area is 158 Å². The van der Waals surface area contributed by atoms with Crippen LogP contribution < -0.4 is 10.4 Å². The molecule has 0 saturated heterocycles. The minimum atomic E-state index is -0.759. The van der Waals surface area contributed by atoms with Gasteiger partial charge in [0.1, 0.15) is 10.7 Å². The summed E-state index contributed by atoms with van der Waals surface area (Å²) < 4.78 is 0. The first kappa shape index (κ1) is 18.2. The van der Waals surface area contributed by atoms with Crippen LogP contribution in [0.4, 0.5) is 28.4 Å². The highest BCUT2D eigenvalue weighted by atomic mass is 35.5. The quantitative estimate of drug-likeness (QED) is 0.455. The lowest BCUT2D eigenvalue weighted by molar-refractivity contribution is -0.393. The number of nitro groups is 2. The number of nitrogens with zero attached hydrogens (tertiary/aromatic N) is 3. The topological polar surface area (TPSA) is 102 Å². The van der Waals surface area contributed by atoms with Gasteiger partial charge in [-0.3, -0.25) is 30.7 Å². The average molecular weight is 385 g/mol. The third kappa shape index (κ3) is 3.96. The number of hydrazine groups is 1. The molecule has 3 aromatic rings. The molecule has 0 fully saturated rings. The van der Waals surface area contributed by atoms with Crippen molar-refractivity contribution >= 4 is 40.0 Å². The van der Waals surface area contributed by atoms with E-state index < -0.39 is 21.2 Å². The molecule has 27 heavy (non-hydrogen) atoms. The number of nitrogens with one attached hydrogen (secondary N) is 1. The van der Waals surface area contributed by atoms with Crippen LogP contribution in [0.1, 0.15) is 0 Å². The van der Waals surface area contributed by atoms with Crippen LogP contribution in [0.2, 0.25) is 5.02 Å². The molecular weight excluding hydrogens is 372 g/mol. The first-order valence-electron chi connectivity index (χ1n) is 7.76. The van der Waals surface area contributed by atoms with Crippen molar-refractivity contribution in [3.05, 3.63) is 98.0 Å². The van der Waals surface area contributed by atoms with Gasteiger partial charge in [0.2, 0.25) is 0 Å². The van der Waals surface area contributed by atoms with Gasteiger partial charge in [-0.15, -0.1) is 0 Å². The number of para-hydroxylation sites is 2. The van der Waals surface area contributed by atoms with E-state index in [1.807, 2.05) is 60.7 Å². The molecule has 136 valence electrons. The number of hydrogen-bond acceptors (Lipinski definition) is 6. The van der Waals surface area contributed by atoms with Crippen LogP contribution in [-0.2, 0) is 0 Å². The Kier molecular flexibility index (Phi) is 5.18. The molecule has 0 atom stereocenters. The van der Waals surface area contributed by atoms with Gasteiger partial charge in [0, 0.05) is 0 Å². The van der Waals surface area contributed by atoms with Crippen molar-refractivity contribution in [3.8, 4) is 0 Å². The van der Waals surface area contributed by atoms with E-state index in [9.17, 15) is 20.2 Å². The molecule has 3 rings (SSSR count). The zero-order chi connectivity index (χ0) is 19.4. The monoisotopic (exact) mass is 384 g/mol. The van der Waals surface area contributed by atoms with Crippen molar-refractivity contribution in [1.82, 2.24) is 0 Å². The fraction of sp³-hybridized carbons (Fsp3) is 0. The summed E-state index contributed by atoms with van der Waals surface area (Å²) in [5.74, 6) is 0. The molecule has 9 heteroatoms. The Morgan fingerprint density at radius 1 is 0.778 bits per heavy atom. The van der Waals surface area contributed by atoms with Crippen LogP contribution in [0.3, 0.4) is 0 Å². The second kappa shape index (κ2) is 7.71. The van der Waals surface area contributed by atoms with E-state index in [1.165, 1.54) is 6.07 Å². The first-order chi connectivity index (χ1) is 13.0. The molecule has 0 saturated carbocycles. The number of nitro benzene ring substituents is 2. The molecule has 0 heterocycles. The Morgan fingerprint density at radius 3 is 1.70 bits per heavy atom. The molecule has 0 aliphatic heterocycles. The minimum Gasteiger partial charge on any atom is -0.287 e. The Hall–Kier alpha value is -3.65. The van der Waals surface area contributed by atoms with E-state index in [0.717, 1.165) is 6.07 Å². The van der Waals surface area contributed by atoms with Crippen molar-refractivity contribution in [3.63, 3.8) is 0 Å². The summed E-state index contributed by atoms with van der Waals surface area (Å²) in [6, 6.07) is 20.3. The number of rotatable bonds is 6. The molecule has 0 aliphatic rings. The second-order valence-corrected chi connectivity index (χ2v) is 5.86. The van der Waals surface area contributed by atoms with Gasteiger partial charge in [0.05, 0.1) is 27.3 Å². The molecule has 1 N–H and O–H groups in total. The fourth-order valence-electron chi connectivity index (χ4n) is 2.48. The molecule has 3 aromatic carbocycles. The van der Waals surface area contributed by atoms with Crippen LogP contribution in [0.15, 0.2) is 72.8 Å². The van der Waals surface area contributed by atoms with Crippen LogP contribution in [0.5, 0.6) is 0 Å². The number of benzene rings is 3. The van der Waals surface area contributed by atoms with E-state index in [1.54, 1.807) is 5.01 Å². The lowest BCUT2D eigenvalue weighted by atomic mass is 10.2. The predicted molar refractivity (Wildman–Crippen MR) is 103 cm³/mol. The summed E-state index contributed by atoms with van der Waals surface area (Å²) in [6.45, 7) is 0. The van der Waals surface area contributed by atoms with E-state index >= 15 is 0 Å². The van der Waals surface area contributed by atoms with Gasteiger partial charge in [-0.1, -0.05) is 48.0 Å². The third-order valence-corrected chi connectivity index (χ3v) is 4.02. The maximum atomic E-state index is 11.4. The molecule has 0 spiro atoms. The Morgan fingerprint density at radius 2 is 1.26 bits per heavy atom. The van der Waals surface area contributed by atoms with Gasteiger partial charge in [0.25, 0.3) is 5.69 Å². The van der Waals surface area contributed by atoms with Gasteiger partial charge < -0.3 is 0 Å². The summed E-state index contributed by atoms with van der Waals surface area (Å²) in [6.07, 6.45) is 0. The number of halogens is 1. The van der Waals surface area contributed by atoms with Gasteiger partial charge in [-0.2, -0.15) is 0 Å². The summed E-state index contributed by atoms with van der Waals surface area (Å²) in [5.41, 5.74) is 3.43. The number of hydrogen-bond donors (Lipinski definition) is 1. The summed E-state index contributed by atoms with van der Waals surface area (Å²) >= 11 is 5.95. The minimum absolute atomic E-state index is 0.0308. The van der Waals surface area contributed by atoms with Crippen LogP contribution in [0.25, 0.3) is 0 Å². The zero-order valence-corrected chi connectivity index (χ0v) is 14.5. The van der Waals surface area contributed by atoms with Crippen molar-refractivity contribution in [2.24, 2.45) is 0 Å². The van der Waals surface area contributed by atoms with E-state index in [0.29, 0.717) is 11.4 Å². The van der Waals surface area contributed by atoms with Crippen LogP contribution >= 0.6 is 11.6 Å². The summed E-state index contributed by atoms with van der Waals surface area (Å²) in [4.78, 5) is 21.0. The highest BCUT2D eigenvalue weighted by Crippen LogP contribution is 2.37. The van der Waals surface area contributed by atoms with Crippen molar-refractivity contribution in [1.29, 1.82) is 0 Å². The maximum absolute atomic E-state index is 11.4. The summed E-state index contributed by atoms with van der Waals surface area (Å²) in [5, 5.41) is 23.9. The molecule has 0 aliphatic carbocycles. The highest BCUT2D eigenvalue weighted by molar-refractivity contribution is 6.33. The summed E-state index contributed by atoms with van der Waals surface area (Å²) in [7, 11) is 0. The van der Waals surface area contributed by atoms with E-state index in [2.05, 4.69) is 5.43 Å². The molecule has 0 unspecified atom stereocenters. The van der Waals surface area contributed by atoms with Crippen molar-refractivity contribution in [2.45, 2.75) is 0 Å². The Bertz CT molecular complexity index is 944. The molecular formula is C18H13ClN4O4. The first-order valence-corrected chi connectivity index (χ1v) is 8.14. The molecule has 0 aromatic heterocycles. The molecule has 0 bridgehead atoms. The predicted octanol–water partition coefficient (Wildman–Crippen LogP) is 5.32. The smallest absolute Gasteiger partial charge is 0.287 e. The number of anilines is 3. The van der Waals surface area contributed by atoms with E-state index in [-0.39, 0.29) is 10.7 Å². The third-order valence-electron chi connectivity index (χ3n) is 3.72. The molecule has 0 radical (unpaired) electrons. The van der Waals surface area contributed by atoms with Crippen molar-refractivity contribution < 1.29 is 9.85 Å². The lowest BCUT2D eigenvalue weighted by Gasteiger charge is -2.26. The standard InChI is InChI=1S/C18H13ClN4O4/c19-15-11-16(18(23(26)27)12-17(15)22(24)25)20-21(13-7-3-1-4-8-13)14-9-5-2-6-10-14/h1-12,20H. The highest BCUT2D eigenvalue weighted by Gasteiger charge is 2.25. The zero-order valence-electron chi connectivity index (χ0n) is 13.8. The SMILES string of the molecule is O=[N+]([O-])c1cc([N+](=O)[O-])c(NN(c2ccccc2)c2ccccc2)cc1Cl. The van der Waals surface area contributed by atoms with Crippen molar-refractivity contribution in [2.75, 3.05) is 10.4 Å². The molecule has 8 nitrogen and oxygen atoms in total. The molecule has 0 amide bonds. The lowest BCUT2D eigenvalue weighted by Crippen LogP contribution is -2.25. The van der Waals surface area contributed by atoms with Gasteiger partial charge in [-0.05, 0) is 30.3 Å². The van der Waals surface area contributed by atoms with Gasteiger partial charge >= 0.3 is 5.69 Å².